The quantitative estimate of drug-likeness (QED) is 0.474. The highest BCUT2D eigenvalue weighted by molar-refractivity contribution is 5.89. The Morgan fingerprint density at radius 2 is 2.21 bits per heavy atom. The maximum atomic E-state index is 12.4. The van der Waals surface area contributed by atoms with Crippen molar-refractivity contribution in [1.82, 2.24) is 10.2 Å². The second kappa shape index (κ2) is 4.00. The zero-order chi connectivity index (χ0) is 10.8. The number of nitrogens with zero attached hydrogens (tertiary/aromatic N) is 2. The standard InChI is InChI=1S/C8H12F3N3/c1-6-5-13-3-4-14(6)7(12-2)8(9,10)11/h13H,1,3-5H2,2H3/b12-7-. The van der Waals surface area contributed by atoms with Crippen molar-refractivity contribution in [1.29, 1.82) is 0 Å². The second-order valence-corrected chi connectivity index (χ2v) is 2.94. The zero-order valence-corrected chi connectivity index (χ0v) is 7.86. The van der Waals surface area contributed by atoms with E-state index in [0.717, 1.165) is 11.9 Å². The molecule has 0 spiro atoms. The van der Waals surface area contributed by atoms with Gasteiger partial charge >= 0.3 is 6.18 Å². The van der Waals surface area contributed by atoms with Crippen LogP contribution in [0.5, 0.6) is 0 Å². The molecule has 1 aliphatic heterocycles. The molecule has 0 amide bonds. The third-order valence-electron chi connectivity index (χ3n) is 1.94. The van der Waals surface area contributed by atoms with Crippen LogP contribution in [0.25, 0.3) is 0 Å². The van der Waals surface area contributed by atoms with Crippen LogP contribution in [-0.2, 0) is 0 Å². The fourth-order valence-electron chi connectivity index (χ4n) is 1.33. The summed E-state index contributed by atoms with van der Waals surface area (Å²) in [5.41, 5.74) is 0.397. The minimum atomic E-state index is -4.41. The summed E-state index contributed by atoms with van der Waals surface area (Å²) >= 11 is 0. The van der Waals surface area contributed by atoms with Crippen molar-refractivity contribution >= 4 is 5.84 Å². The van der Waals surface area contributed by atoms with E-state index in [1.54, 1.807) is 0 Å². The first-order valence-corrected chi connectivity index (χ1v) is 4.17. The summed E-state index contributed by atoms with van der Waals surface area (Å²) in [4.78, 5) is 4.37. The molecule has 0 radical (unpaired) electrons. The molecule has 1 fully saturated rings. The molecule has 0 aliphatic carbocycles. The molecule has 0 unspecified atom stereocenters. The highest BCUT2D eigenvalue weighted by Crippen LogP contribution is 2.22. The summed E-state index contributed by atoms with van der Waals surface area (Å²) in [5.74, 6) is -0.871. The van der Waals surface area contributed by atoms with Gasteiger partial charge in [-0.2, -0.15) is 13.2 Å². The number of halogens is 3. The summed E-state index contributed by atoms with van der Waals surface area (Å²) in [6.07, 6.45) is -4.41. The van der Waals surface area contributed by atoms with Crippen molar-refractivity contribution in [3.63, 3.8) is 0 Å². The Labute approximate surface area is 80.3 Å². The van der Waals surface area contributed by atoms with Crippen LogP contribution in [-0.4, -0.2) is 43.6 Å². The molecule has 0 bridgehead atoms. The Morgan fingerprint density at radius 3 is 2.64 bits per heavy atom. The van der Waals surface area contributed by atoms with Gasteiger partial charge in [0.1, 0.15) is 0 Å². The van der Waals surface area contributed by atoms with Crippen LogP contribution in [0.2, 0.25) is 0 Å². The minimum absolute atomic E-state index is 0.255. The largest absolute Gasteiger partial charge is 0.449 e. The van der Waals surface area contributed by atoms with E-state index in [1.165, 1.54) is 0 Å². The summed E-state index contributed by atoms with van der Waals surface area (Å²) in [6.45, 7) is 4.69. The first-order valence-electron chi connectivity index (χ1n) is 4.17. The van der Waals surface area contributed by atoms with E-state index in [1.807, 2.05) is 0 Å². The third kappa shape index (κ3) is 2.25. The van der Waals surface area contributed by atoms with Crippen LogP contribution < -0.4 is 5.32 Å². The fraction of sp³-hybridized carbons (Fsp3) is 0.625. The number of piperazine rings is 1. The lowest BCUT2D eigenvalue weighted by Crippen LogP contribution is -2.49. The van der Waals surface area contributed by atoms with Crippen LogP contribution in [0.4, 0.5) is 13.2 Å². The van der Waals surface area contributed by atoms with Gasteiger partial charge in [0.25, 0.3) is 0 Å². The average molecular weight is 207 g/mol. The summed E-state index contributed by atoms with van der Waals surface area (Å²) in [5, 5.41) is 2.93. The molecular formula is C8H12F3N3. The molecule has 3 nitrogen and oxygen atoms in total. The lowest BCUT2D eigenvalue weighted by molar-refractivity contribution is -0.0678. The summed E-state index contributed by atoms with van der Waals surface area (Å²) in [7, 11) is 1.14. The van der Waals surface area contributed by atoms with E-state index in [4.69, 9.17) is 0 Å². The van der Waals surface area contributed by atoms with Crippen molar-refractivity contribution in [2.45, 2.75) is 6.18 Å². The van der Waals surface area contributed by atoms with Crippen molar-refractivity contribution in [3.05, 3.63) is 12.3 Å². The lowest BCUT2D eigenvalue weighted by atomic mass is 10.3. The first-order chi connectivity index (χ1) is 6.46. The number of amidine groups is 1. The summed E-state index contributed by atoms with van der Waals surface area (Å²) < 4.78 is 37.3. The van der Waals surface area contributed by atoms with Crippen molar-refractivity contribution in [2.75, 3.05) is 26.7 Å². The topological polar surface area (TPSA) is 27.6 Å². The van der Waals surface area contributed by atoms with Crippen LogP contribution in [0.3, 0.4) is 0 Å². The highest BCUT2D eigenvalue weighted by atomic mass is 19.4. The maximum absolute atomic E-state index is 12.4. The van der Waals surface area contributed by atoms with E-state index < -0.39 is 12.0 Å². The molecule has 6 heteroatoms. The first kappa shape index (κ1) is 11.0. The Hall–Kier alpha value is -1.04. The molecule has 14 heavy (non-hydrogen) atoms. The average Bonchev–Trinajstić information content (AvgIpc) is 2.07. The number of aliphatic imine (C=N–C) groups is 1. The summed E-state index contributed by atoms with van der Waals surface area (Å²) in [6, 6.07) is 0. The Morgan fingerprint density at radius 1 is 1.57 bits per heavy atom. The smallest absolute Gasteiger partial charge is 0.324 e. The van der Waals surface area contributed by atoms with Gasteiger partial charge in [-0.3, -0.25) is 4.99 Å². The van der Waals surface area contributed by atoms with Gasteiger partial charge in [-0.15, -0.1) is 0 Å². The fourth-order valence-corrected chi connectivity index (χ4v) is 1.33. The number of rotatable bonds is 0. The number of alkyl halides is 3. The van der Waals surface area contributed by atoms with Gasteiger partial charge in [0, 0.05) is 32.4 Å². The zero-order valence-electron chi connectivity index (χ0n) is 7.86. The van der Waals surface area contributed by atoms with Crippen molar-refractivity contribution in [2.24, 2.45) is 4.99 Å². The molecule has 1 saturated heterocycles. The van der Waals surface area contributed by atoms with Gasteiger partial charge in [0.15, 0.2) is 0 Å². The molecule has 0 saturated carbocycles. The SMILES string of the molecule is C=C1CNCCN1/C(=N\C)C(F)(F)F. The number of nitrogens with one attached hydrogen (secondary N) is 1. The Bertz CT molecular complexity index is 257. The van der Waals surface area contributed by atoms with E-state index in [9.17, 15) is 13.2 Å². The molecule has 0 atom stereocenters. The van der Waals surface area contributed by atoms with E-state index in [2.05, 4.69) is 16.9 Å². The number of hydrogen-bond acceptors (Lipinski definition) is 2. The normalized spacial score (nSPS) is 20.1. The predicted octanol–water partition coefficient (Wildman–Crippen LogP) is 0.996. The van der Waals surface area contributed by atoms with E-state index in [-0.39, 0.29) is 6.54 Å². The Balaban J connectivity index is 2.84. The van der Waals surface area contributed by atoms with Gasteiger partial charge in [0.05, 0.1) is 0 Å². The van der Waals surface area contributed by atoms with E-state index in [0.29, 0.717) is 18.8 Å². The van der Waals surface area contributed by atoms with Gasteiger partial charge in [-0.25, -0.2) is 0 Å². The van der Waals surface area contributed by atoms with Gasteiger partial charge < -0.3 is 10.2 Å². The van der Waals surface area contributed by atoms with E-state index >= 15 is 0 Å². The molecule has 1 rings (SSSR count). The van der Waals surface area contributed by atoms with Gasteiger partial charge in [0.2, 0.25) is 5.84 Å². The van der Waals surface area contributed by atoms with Crippen molar-refractivity contribution in [3.8, 4) is 0 Å². The molecule has 1 aliphatic rings. The van der Waals surface area contributed by atoms with Crippen LogP contribution >= 0.6 is 0 Å². The van der Waals surface area contributed by atoms with Crippen LogP contribution in [0, 0.1) is 0 Å². The highest BCUT2D eigenvalue weighted by Gasteiger charge is 2.40. The van der Waals surface area contributed by atoms with Crippen LogP contribution in [0.1, 0.15) is 0 Å². The molecule has 0 aromatic carbocycles. The lowest BCUT2D eigenvalue weighted by Gasteiger charge is -2.32. The number of hydrogen-bond donors (Lipinski definition) is 1. The van der Waals surface area contributed by atoms with Crippen molar-refractivity contribution < 1.29 is 13.2 Å². The monoisotopic (exact) mass is 207 g/mol. The minimum Gasteiger partial charge on any atom is -0.324 e. The molecule has 0 aromatic rings. The third-order valence-corrected chi connectivity index (χ3v) is 1.94. The molecule has 80 valence electrons. The molecule has 1 N–H and O–H groups in total. The molecule has 0 aromatic heterocycles. The Kier molecular flexibility index (Phi) is 3.15. The maximum Gasteiger partial charge on any atom is 0.449 e. The molecular weight excluding hydrogens is 195 g/mol. The van der Waals surface area contributed by atoms with Gasteiger partial charge in [-0.1, -0.05) is 6.58 Å². The predicted molar refractivity (Wildman–Crippen MR) is 48.1 cm³/mol. The van der Waals surface area contributed by atoms with Gasteiger partial charge in [-0.05, 0) is 0 Å². The molecule has 1 heterocycles. The second-order valence-electron chi connectivity index (χ2n) is 2.94. The van der Waals surface area contributed by atoms with Crippen LogP contribution in [0.15, 0.2) is 17.3 Å².